The van der Waals surface area contributed by atoms with Gasteiger partial charge in [-0.2, -0.15) is 5.10 Å². The number of ether oxygens (including phenoxy) is 1. The van der Waals surface area contributed by atoms with Crippen molar-refractivity contribution < 1.29 is 4.74 Å². The molecule has 1 aromatic rings. The summed E-state index contributed by atoms with van der Waals surface area (Å²) in [6.45, 7) is 5.46. The number of nitrogens with zero attached hydrogens (tertiary/aromatic N) is 2. The van der Waals surface area contributed by atoms with Crippen molar-refractivity contribution >= 4 is 17.3 Å². The Balaban J connectivity index is 2.46. The fourth-order valence-electron chi connectivity index (χ4n) is 1.53. The number of aromatic nitrogens is 2. The molecular formula is C11H20N4OS. The second kappa shape index (κ2) is 6.56. The van der Waals surface area contributed by atoms with Gasteiger partial charge < -0.3 is 15.4 Å². The van der Waals surface area contributed by atoms with E-state index in [9.17, 15) is 0 Å². The zero-order valence-electron chi connectivity index (χ0n) is 10.8. The zero-order valence-corrected chi connectivity index (χ0v) is 11.6. The van der Waals surface area contributed by atoms with Gasteiger partial charge in [0.1, 0.15) is 0 Å². The number of nitrogens with one attached hydrogen (secondary N) is 2. The van der Waals surface area contributed by atoms with Crippen LogP contribution < -0.4 is 10.6 Å². The lowest BCUT2D eigenvalue weighted by Gasteiger charge is -2.16. The van der Waals surface area contributed by atoms with Gasteiger partial charge in [0, 0.05) is 32.0 Å². The Morgan fingerprint density at radius 3 is 2.88 bits per heavy atom. The largest absolute Gasteiger partial charge is 0.383 e. The molecule has 1 heterocycles. The van der Waals surface area contributed by atoms with Gasteiger partial charge in [-0.3, -0.25) is 4.68 Å². The van der Waals surface area contributed by atoms with Gasteiger partial charge in [-0.1, -0.05) is 0 Å². The second-order valence-electron chi connectivity index (χ2n) is 3.92. The number of thiocarbonyl (C=S) groups is 1. The van der Waals surface area contributed by atoms with Crippen molar-refractivity contribution in [3.63, 3.8) is 0 Å². The minimum absolute atomic E-state index is 0.145. The summed E-state index contributed by atoms with van der Waals surface area (Å²) < 4.78 is 6.80. The first-order chi connectivity index (χ1) is 8.06. The summed E-state index contributed by atoms with van der Waals surface area (Å²) in [5.41, 5.74) is 2.30. The van der Waals surface area contributed by atoms with Crippen LogP contribution in [0.3, 0.4) is 0 Å². The van der Waals surface area contributed by atoms with Gasteiger partial charge >= 0.3 is 0 Å². The quantitative estimate of drug-likeness (QED) is 0.605. The molecule has 0 radical (unpaired) electrons. The van der Waals surface area contributed by atoms with E-state index in [4.69, 9.17) is 17.0 Å². The first-order valence-electron chi connectivity index (χ1n) is 5.58. The molecule has 96 valence electrons. The lowest BCUT2D eigenvalue weighted by molar-refractivity contribution is 0.204. The van der Waals surface area contributed by atoms with Gasteiger partial charge in [0.15, 0.2) is 5.11 Å². The van der Waals surface area contributed by atoms with Crippen LogP contribution in [0.15, 0.2) is 6.20 Å². The van der Waals surface area contributed by atoms with Crippen LogP contribution in [-0.4, -0.2) is 35.2 Å². The van der Waals surface area contributed by atoms with E-state index in [0.29, 0.717) is 18.3 Å². The molecule has 0 fully saturated rings. The summed E-state index contributed by atoms with van der Waals surface area (Å²) in [5, 5.41) is 11.1. The van der Waals surface area contributed by atoms with Crippen molar-refractivity contribution in [3.8, 4) is 0 Å². The summed E-state index contributed by atoms with van der Waals surface area (Å²) in [5.74, 6) is 0. The SMILES string of the molecule is COCCNC(=S)NC(C)c1cnn(C)c1C. The van der Waals surface area contributed by atoms with Crippen LogP contribution in [0.25, 0.3) is 0 Å². The molecule has 1 unspecified atom stereocenters. The van der Waals surface area contributed by atoms with Crippen LogP contribution in [0.5, 0.6) is 0 Å². The molecule has 1 rings (SSSR count). The van der Waals surface area contributed by atoms with Crippen LogP contribution >= 0.6 is 12.2 Å². The van der Waals surface area contributed by atoms with E-state index in [1.54, 1.807) is 7.11 Å². The molecule has 1 atom stereocenters. The van der Waals surface area contributed by atoms with Crippen molar-refractivity contribution in [2.75, 3.05) is 20.3 Å². The van der Waals surface area contributed by atoms with Crippen molar-refractivity contribution in [1.82, 2.24) is 20.4 Å². The van der Waals surface area contributed by atoms with Crippen molar-refractivity contribution in [2.24, 2.45) is 7.05 Å². The molecule has 0 amide bonds. The first kappa shape index (κ1) is 13.9. The summed E-state index contributed by atoms with van der Waals surface area (Å²) in [6.07, 6.45) is 1.87. The van der Waals surface area contributed by atoms with Crippen LogP contribution in [0.2, 0.25) is 0 Å². The van der Waals surface area contributed by atoms with Gasteiger partial charge in [-0.25, -0.2) is 0 Å². The lowest BCUT2D eigenvalue weighted by Crippen LogP contribution is -2.38. The van der Waals surface area contributed by atoms with Gasteiger partial charge in [0.25, 0.3) is 0 Å². The van der Waals surface area contributed by atoms with Crippen molar-refractivity contribution in [3.05, 3.63) is 17.5 Å². The number of hydrogen-bond donors (Lipinski definition) is 2. The van der Waals surface area contributed by atoms with Gasteiger partial charge in [0.05, 0.1) is 18.8 Å². The van der Waals surface area contributed by atoms with Crippen molar-refractivity contribution in [1.29, 1.82) is 0 Å². The molecule has 0 aliphatic heterocycles. The third-order valence-electron chi connectivity index (χ3n) is 2.68. The molecule has 0 aliphatic carbocycles. The molecule has 1 aromatic heterocycles. The first-order valence-corrected chi connectivity index (χ1v) is 5.99. The van der Waals surface area contributed by atoms with Gasteiger partial charge in [-0.15, -0.1) is 0 Å². The topological polar surface area (TPSA) is 51.1 Å². The molecule has 0 aliphatic rings. The molecule has 0 aromatic carbocycles. The van der Waals surface area contributed by atoms with Gasteiger partial charge in [0.2, 0.25) is 0 Å². The predicted octanol–water partition coefficient (Wildman–Crippen LogP) is 0.900. The van der Waals surface area contributed by atoms with E-state index in [0.717, 1.165) is 11.3 Å². The van der Waals surface area contributed by atoms with Crippen LogP contribution in [0, 0.1) is 6.92 Å². The van der Waals surface area contributed by atoms with E-state index < -0.39 is 0 Å². The minimum atomic E-state index is 0.145. The Hall–Kier alpha value is -1.14. The fourth-order valence-corrected chi connectivity index (χ4v) is 1.81. The van der Waals surface area contributed by atoms with E-state index >= 15 is 0 Å². The average Bonchev–Trinajstić information content (AvgIpc) is 2.60. The third-order valence-corrected chi connectivity index (χ3v) is 2.94. The van der Waals surface area contributed by atoms with Crippen LogP contribution in [-0.2, 0) is 11.8 Å². The maximum atomic E-state index is 5.19. The Morgan fingerprint density at radius 2 is 2.35 bits per heavy atom. The van der Waals surface area contributed by atoms with Crippen LogP contribution in [0.1, 0.15) is 24.2 Å². The smallest absolute Gasteiger partial charge is 0.166 e. The highest BCUT2D eigenvalue weighted by molar-refractivity contribution is 7.80. The molecule has 5 nitrogen and oxygen atoms in total. The molecule has 6 heteroatoms. The molecule has 0 saturated heterocycles. The molecular weight excluding hydrogens is 236 g/mol. The van der Waals surface area contributed by atoms with Crippen LogP contribution in [0.4, 0.5) is 0 Å². The Bertz CT molecular complexity index is 378. The Morgan fingerprint density at radius 1 is 1.65 bits per heavy atom. The second-order valence-corrected chi connectivity index (χ2v) is 4.33. The highest BCUT2D eigenvalue weighted by Gasteiger charge is 2.12. The average molecular weight is 256 g/mol. The number of rotatable bonds is 5. The lowest BCUT2D eigenvalue weighted by atomic mass is 10.1. The van der Waals surface area contributed by atoms with E-state index in [-0.39, 0.29) is 6.04 Å². The maximum absolute atomic E-state index is 5.19. The standard InChI is InChI=1S/C11H20N4OS/c1-8(10-7-13-15(3)9(10)2)14-11(17)12-5-6-16-4/h7-8H,5-6H2,1-4H3,(H2,12,14,17). The normalized spacial score (nSPS) is 12.2. The highest BCUT2D eigenvalue weighted by Crippen LogP contribution is 2.15. The number of hydrogen-bond acceptors (Lipinski definition) is 3. The predicted molar refractivity (Wildman–Crippen MR) is 72.0 cm³/mol. The molecule has 0 spiro atoms. The summed E-state index contributed by atoms with van der Waals surface area (Å²) in [7, 11) is 3.60. The molecule has 0 bridgehead atoms. The Kier molecular flexibility index (Phi) is 5.37. The maximum Gasteiger partial charge on any atom is 0.166 e. The zero-order chi connectivity index (χ0) is 12.8. The molecule has 2 N–H and O–H groups in total. The summed E-state index contributed by atoms with van der Waals surface area (Å²) >= 11 is 5.19. The molecule has 17 heavy (non-hydrogen) atoms. The summed E-state index contributed by atoms with van der Waals surface area (Å²) in [4.78, 5) is 0. The summed E-state index contributed by atoms with van der Waals surface area (Å²) in [6, 6.07) is 0.145. The molecule has 0 saturated carbocycles. The Labute approximate surface area is 108 Å². The van der Waals surface area contributed by atoms with E-state index in [1.807, 2.05) is 24.9 Å². The number of aryl methyl sites for hydroxylation is 1. The van der Waals surface area contributed by atoms with E-state index in [2.05, 4.69) is 22.7 Å². The number of methoxy groups -OCH3 is 1. The van der Waals surface area contributed by atoms with Crippen molar-refractivity contribution in [2.45, 2.75) is 19.9 Å². The third kappa shape index (κ3) is 3.98. The monoisotopic (exact) mass is 256 g/mol. The van der Waals surface area contributed by atoms with Gasteiger partial charge in [-0.05, 0) is 26.1 Å². The fraction of sp³-hybridized carbons (Fsp3) is 0.636. The van der Waals surface area contributed by atoms with E-state index in [1.165, 1.54) is 0 Å². The minimum Gasteiger partial charge on any atom is -0.383 e. The highest BCUT2D eigenvalue weighted by atomic mass is 32.1.